The van der Waals surface area contributed by atoms with Gasteiger partial charge in [-0.2, -0.15) is 10.2 Å². The first-order valence-corrected chi connectivity index (χ1v) is 5.28. The molecule has 0 aliphatic rings. The molecule has 0 radical (unpaired) electrons. The van der Waals surface area contributed by atoms with Crippen molar-refractivity contribution in [2.45, 2.75) is 19.9 Å². The number of carbonyl (C=O) groups is 2. The van der Waals surface area contributed by atoms with E-state index in [0.717, 1.165) is 0 Å². The predicted molar refractivity (Wildman–Crippen MR) is 62.1 cm³/mol. The summed E-state index contributed by atoms with van der Waals surface area (Å²) in [5.41, 5.74) is 0.586. The lowest BCUT2D eigenvalue weighted by molar-refractivity contribution is -0.147. The Morgan fingerprint density at radius 1 is 1.29 bits per heavy atom. The number of nitrogens with zero attached hydrogens (tertiary/aromatic N) is 2. The van der Waals surface area contributed by atoms with Crippen LogP contribution in [0.3, 0.4) is 0 Å². The second kappa shape index (κ2) is 6.52. The molecule has 0 aliphatic heterocycles. The molecule has 0 amide bonds. The fourth-order valence-electron chi connectivity index (χ4n) is 1.13. The molecule has 0 aromatic heterocycles. The third-order valence-corrected chi connectivity index (χ3v) is 1.94. The molecule has 0 aliphatic carbocycles. The quantitative estimate of drug-likeness (QED) is 0.446. The Kier molecular flexibility index (Phi) is 5.00. The topological polar surface area (TPSA) is 68.1 Å². The van der Waals surface area contributed by atoms with Gasteiger partial charge in [0.15, 0.2) is 5.78 Å². The monoisotopic (exact) mass is 234 g/mol. The van der Waals surface area contributed by atoms with Gasteiger partial charge in [-0.3, -0.25) is 4.79 Å². The average molecular weight is 234 g/mol. The fourth-order valence-corrected chi connectivity index (χ4v) is 1.13. The molecule has 1 aromatic rings. The summed E-state index contributed by atoms with van der Waals surface area (Å²) in [4.78, 5) is 22.6. The average Bonchev–Trinajstić information content (AvgIpc) is 2.30. The van der Waals surface area contributed by atoms with E-state index in [-0.39, 0.29) is 12.4 Å². The summed E-state index contributed by atoms with van der Waals surface area (Å²) >= 11 is 0. The van der Waals surface area contributed by atoms with E-state index in [1.54, 1.807) is 31.2 Å². The van der Waals surface area contributed by atoms with Crippen LogP contribution in [-0.4, -0.2) is 24.4 Å². The van der Waals surface area contributed by atoms with Crippen LogP contribution in [0.15, 0.2) is 40.6 Å². The molecule has 90 valence electrons. The molecule has 0 bridgehead atoms. The molecule has 17 heavy (non-hydrogen) atoms. The third-order valence-electron chi connectivity index (χ3n) is 1.94. The Bertz CT molecular complexity index is 415. The maximum Gasteiger partial charge on any atom is 0.340 e. The minimum atomic E-state index is -1.17. The standard InChI is InChI=1S/C12H14N2O3/c1-3-17-12(16)11(9(2)15)14-13-10-7-5-4-6-8-10/h4-8,11H,3H2,1-2H3/t11-/m1/s1. The number of rotatable bonds is 5. The fraction of sp³-hybridized carbons (Fsp3) is 0.333. The van der Waals surface area contributed by atoms with Gasteiger partial charge < -0.3 is 4.74 Å². The summed E-state index contributed by atoms with van der Waals surface area (Å²) in [5.74, 6) is -1.05. The highest BCUT2D eigenvalue weighted by atomic mass is 16.5. The van der Waals surface area contributed by atoms with E-state index in [0.29, 0.717) is 5.69 Å². The van der Waals surface area contributed by atoms with Gasteiger partial charge in [0, 0.05) is 0 Å². The third kappa shape index (κ3) is 4.14. The van der Waals surface area contributed by atoms with Crippen molar-refractivity contribution in [1.82, 2.24) is 0 Å². The van der Waals surface area contributed by atoms with Crippen molar-refractivity contribution in [3.05, 3.63) is 30.3 Å². The second-order valence-corrected chi connectivity index (χ2v) is 3.32. The van der Waals surface area contributed by atoms with Gasteiger partial charge in [-0.25, -0.2) is 4.79 Å². The van der Waals surface area contributed by atoms with Crippen LogP contribution in [-0.2, 0) is 14.3 Å². The zero-order chi connectivity index (χ0) is 12.7. The molecular formula is C12H14N2O3. The number of benzene rings is 1. The highest BCUT2D eigenvalue weighted by Crippen LogP contribution is 2.12. The summed E-state index contributed by atoms with van der Waals surface area (Å²) < 4.78 is 4.74. The van der Waals surface area contributed by atoms with Crippen LogP contribution in [0.4, 0.5) is 5.69 Å². The van der Waals surface area contributed by atoms with Crippen LogP contribution >= 0.6 is 0 Å². The first-order chi connectivity index (χ1) is 8.15. The lowest BCUT2D eigenvalue weighted by Crippen LogP contribution is -2.28. The first-order valence-electron chi connectivity index (χ1n) is 5.28. The molecule has 5 nitrogen and oxygen atoms in total. The molecule has 0 spiro atoms. The van der Waals surface area contributed by atoms with Crippen LogP contribution in [0.2, 0.25) is 0 Å². The summed E-state index contributed by atoms with van der Waals surface area (Å²) in [5, 5.41) is 7.55. The normalized spacial score (nSPS) is 12.4. The SMILES string of the molecule is CCOC(=O)[C@H](N=Nc1ccccc1)C(C)=O. The van der Waals surface area contributed by atoms with Crippen molar-refractivity contribution in [3.63, 3.8) is 0 Å². The van der Waals surface area contributed by atoms with Crippen LogP contribution < -0.4 is 0 Å². The van der Waals surface area contributed by atoms with Crippen molar-refractivity contribution in [2.24, 2.45) is 10.2 Å². The Morgan fingerprint density at radius 3 is 2.47 bits per heavy atom. The van der Waals surface area contributed by atoms with Gasteiger partial charge in [0.2, 0.25) is 6.04 Å². The van der Waals surface area contributed by atoms with Crippen molar-refractivity contribution in [1.29, 1.82) is 0 Å². The van der Waals surface area contributed by atoms with E-state index in [2.05, 4.69) is 10.2 Å². The van der Waals surface area contributed by atoms with Crippen LogP contribution in [0.5, 0.6) is 0 Å². The van der Waals surface area contributed by atoms with Gasteiger partial charge in [0.05, 0.1) is 12.3 Å². The lowest BCUT2D eigenvalue weighted by atomic mass is 10.2. The minimum Gasteiger partial charge on any atom is -0.464 e. The van der Waals surface area contributed by atoms with Crippen molar-refractivity contribution < 1.29 is 14.3 Å². The van der Waals surface area contributed by atoms with Crippen molar-refractivity contribution in [3.8, 4) is 0 Å². The number of ether oxygens (including phenoxy) is 1. The number of esters is 1. The lowest BCUT2D eigenvalue weighted by Gasteiger charge is -2.06. The second-order valence-electron chi connectivity index (χ2n) is 3.32. The van der Waals surface area contributed by atoms with E-state index in [9.17, 15) is 9.59 Å². The molecule has 0 saturated carbocycles. The number of Topliss-reactive ketones (excluding diaryl/α,β-unsaturated/α-hetero) is 1. The molecule has 1 aromatic carbocycles. The summed E-state index contributed by atoms with van der Waals surface area (Å²) in [6, 6.07) is 7.71. The maximum absolute atomic E-state index is 11.4. The van der Waals surface area contributed by atoms with Gasteiger partial charge in [0.25, 0.3) is 0 Å². The summed E-state index contributed by atoms with van der Waals surface area (Å²) in [7, 11) is 0. The van der Waals surface area contributed by atoms with E-state index >= 15 is 0 Å². The van der Waals surface area contributed by atoms with Crippen molar-refractivity contribution >= 4 is 17.4 Å². The molecule has 0 N–H and O–H groups in total. The molecule has 0 fully saturated rings. The Balaban J connectivity index is 2.77. The van der Waals surface area contributed by atoms with Crippen LogP contribution in [0.25, 0.3) is 0 Å². The number of azo groups is 1. The molecule has 1 atom stereocenters. The number of hydrogen-bond acceptors (Lipinski definition) is 5. The molecule has 0 saturated heterocycles. The van der Waals surface area contributed by atoms with Gasteiger partial charge >= 0.3 is 5.97 Å². The van der Waals surface area contributed by atoms with Gasteiger partial charge in [-0.05, 0) is 26.0 Å². The Hall–Kier alpha value is -2.04. The molecule has 0 heterocycles. The van der Waals surface area contributed by atoms with Crippen LogP contribution in [0.1, 0.15) is 13.8 Å². The van der Waals surface area contributed by atoms with Crippen LogP contribution in [0, 0.1) is 0 Å². The molecule has 0 unspecified atom stereocenters. The van der Waals surface area contributed by atoms with E-state index < -0.39 is 12.0 Å². The smallest absolute Gasteiger partial charge is 0.340 e. The number of carbonyl (C=O) groups excluding carboxylic acids is 2. The molecule has 5 heteroatoms. The minimum absolute atomic E-state index is 0.212. The van der Waals surface area contributed by atoms with Gasteiger partial charge in [0.1, 0.15) is 0 Å². The summed E-state index contributed by atoms with van der Waals surface area (Å²) in [6.45, 7) is 3.17. The summed E-state index contributed by atoms with van der Waals surface area (Å²) in [6.07, 6.45) is 0. The van der Waals surface area contributed by atoms with E-state index in [1.165, 1.54) is 6.92 Å². The zero-order valence-corrected chi connectivity index (χ0v) is 9.79. The Labute approximate surface area is 99.5 Å². The predicted octanol–water partition coefficient (Wildman–Crippen LogP) is 2.29. The molecular weight excluding hydrogens is 220 g/mol. The van der Waals surface area contributed by atoms with Gasteiger partial charge in [-0.1, -0.05) is 18.2 Å². The van der Waals surface area contributed by atoms with Gasteiger partial charge in [-0.15, -0.1) is 0 Å². The molecule has 1 rings (SSSR count). The van der Waals surface area contributed by atoms with Crippen molar-refractivity contribution in [2.75, 3.05) is 6.61 Å². The van der Waals surface area contributed by atoms with E-state index in [1.807, 2.05) is 6.07 Å². The number of hydrogen-bond donors (Lipinski definition) is 0. The number of ketones is 1. The first kappa shape index (κ1) is 13.0. The maximum atomic E-state index is 11.4. The van der Waals surface area contributed by atoms with E-state index in [4.69, 9.17) is 4.74 Å². The largest absolute Gasteiger partial charge is 0.464 e. The zero-order valence-electron chi connectivity index (χ0n) is 9.79. The highest BCUT2D eigenvalue weighted by molar-refractivity contribution is 6.02. The highest BCUT2D eigenvalue weighted by Gasteiger charge is 2.24. The Morgan fingerprint density at radius 2 is 1.94 bits per heavy atom.